The van der Waals surface area contributed by atoms with E-state index >= 15 is 0 Å². The highest BCUT2D eigenvalue weighted by atomic mass is 16.2. The maximum Gasteiger partial charge on any atom is 0.248 e. The van der Waals surface area contributed by atoms with Crippen molar-refractivity contribution in [3.63, 3.8) is 0 Å². The third kappa shape index (κ3) is 4.65. The van der Waals surface area contributed by atoms with Gasteiger partial charge in [0, 0.05) is 13.1 Å². The number of nitrogens with one attached hydrogen (secondary N) is 1. The Bertz CT molecular complexity index is 158. The second kappa shape index (κ2) is 6.57. The lowest BCUT2D eigenvalue weighted by molar-refractivity contribution is -0.122. The quantitative estimate of drug-likeness (QED) is 0.247. The summed E-state index contributed by atoms with van der Waals surface area (Å²) in [7, 11) is 0. The number of rotatable bonds is 6. The van der Waals surface area contributed by atoms with E-state index in [1.165, 1.54) is 0 Å². The van der Waals surface area contributed by atoms with Crippen molar-refractivity contribution in [1.82, 2.24) is 10.3 Å². The van der Waals surface area contributed by atoms with E-state index in [0.29, 0.717) is 13.1 Å². The molecule has 0 bridgehead atoms. The van der Waals surface area contributed by atoms with E-state index in [1.54, 1.807) is 12.2 Å². The number of hydrogen-bond acceptors (Lipinski definition) is 3. The lowest BCUT2D eigenvalue weighted by atomic mass is 10.4. The third-order valence-corrected chi connectivity index (χ3v) is 1.30. The maximum atomic E-state index is 10.8. The van der Waals surface area contributed by atoms with Gasteiger partial charge in [-0.2, -0.15) is 0 Å². The molecule has 4 heteroatoms. The zero-order valence-electron chi connectivity index (χ0n) is 7.12. The van der Waals surface area contributed by atoms with Crippen molar-refractivity contribution < 1.29 is 4.79 Å². The summed E-state index contributed by atoms with van der Waals surface area (Å²) in [6.07, 6.45) is 3.46. The van der Waals surface area contributed by atoms with E-state index in [9.17, 15) is 4.79 Å². The van der Waals surface area contributed by atoms with E-state index < -0.39 is 0 Å². The largest absolute Gasteiger partial charge is 0.293 e. The predicted octanol–water partition coefficient (Wildman–Crippen LogP) is -0.350. The van der Waals surface area contributed by atoms with Crippen molar-refractivity contribution in [1.29, 1.82) is 0 Å². The van der Waals surface area contributed by atoms with Gasteiger partial charge in [0.15, 0.2) is 0 Å². The van der Waals surface area contributed by atoms with Gasteiger partial charge in [0.2, 0.25) is 5.91 Å². The molecule has 0 aromatic rings. The first-order valence-electron chi connectivity index (χ1n) is 3.68. The predicted molar refractivity (Wildman–Crippen MR) is 49.2 cm³/mol. The summed E-state index contributed by atoms with van der Waals surface area (Å²) in [5.74, 6) is 4.73. The monoisotopic (exact) mass is 169 g/mol. The van der Waals surface area contributed by atoms with Gasteiger partial charge in [0.05, 0.1) is 6.54 Å². The van der Waals surface area contributed by atoms with E-state index in [2.05, 4.69) is 18.6 Å². The van der Waals surface area contributed by atoms with Crippen molar-refractivity contribution in [3.05, 3.63) is 25.3 Å². The average Bonchev–Trinajstić information content (AvgIpc) is 2.05. The van der Waals surface area contributed by atoms with Gasteiger partial charge < -0.3 is 0 Å². The molecule has 0 spiro atoms. The standard InChI is InChI=1S/C8H15N3O/c1-3-5-11(6-4-2)7-8(12)10-9/h3-4H,1-2,5-7,9H2,(H,10,12). The average molecular weight is 169 g/mol. The van der Waals surface area contributed by atoms with Gasteiger partial charge in [-0.05, 0) is 0 Å². The van der Waals surface area contributed by atoms with Crippen molar-refractivity contribution in [2.75, 3.05) is 19.6 Å². The molecular formula is C8H15N3O. The topological polar surface area (TPSA) is 58.4 Å². The van der Waals surface area contributed by atoms with Crippen LogP contribution < -0.4 is 11.3 Å². The molecule has 0 saturated carbocycles. The summed E-state index contributed by atoms with van der Waals surface area (Å²) in [6.45, 7) is 8.73. The van der Waals surface area contributed by atoms with Gasteiger partial charge in [-0.1, -0.05) is 12.2 Å². The summed E-state index contributed by atoms with van der Waals surface area (Å²) in [5, 5.41) is 0. The molecule has 0 radical (unpaired) electrons. The molecule has 4 nitrogen and oxygen atoms in total. The molecule has 1 amide bonds. The summed E-state index contributed by atoms with van der Waals surface area (Å²) in [6, 6.07) is 0. The third-order valence-electron chi connectivity index (χ3n) is 1.30. The lowest BCUT2D eigenvalue weighted by Gasteiger charge is -2.16. The first-order chi connectivity index (χ1) is 5.74. The molecule has 0 aliphatic heterocycles. The molecule has 0 aromatic heterocycles. The Morgan fingerprint density at radius 2 is 1.92 bits per heavy atom. The number of carbonyl (C=O) groups excluding carboxylic acids is 1. The van der Waals surface area contributed by atoms with E-state index in [1.807, 2.05) is 4.90 Å². The SMILES string of the molecule is C=CCN(CC=C)CC(=O)NN. The minimum absolute atomic E-state index is 0.210. The molecular weight excluding hydrogens is 154 g/mol. The first-order valence-corrected chi connectivity index (χ1v) is 3.68. The fourth-order valence-corrected chi connectivity index (χ4v) is 0.818. The lowest BCUT2D eigenvalue weighted by Crippen LogP contribution is -2.40. The first kappa shape index (κ1) is 10.9. The number of hydrazine groups is 1. The van der Waals surface area contributed by atoms with Crippen LogP contribution in [0.5, 0.6) is 0 Å². The molecule has 0 saturated heterocycles. The fraction of sp³-hybridized carbons (Fsp3) is 0.375. The Labute approximate surface area is 72.7 Å². The molecule has 0 unspecified atom stereocenters. The summed E-state index contributed by atoms with van der Waals surface area (Å²) < 4.78 is 0. The zero-order chi connectivity index (χ0) is 9.40. The molecule has 12 heavy (non-hydrogen) atoms. The molecule has 68 valence electrons. The second-order valence-corrected chi connectivity index (χ2v) is 2.34. The van der Waals surface area contributed by atoms with Gasteiger partial charge in [0.1, 0.15) is 0 Å². The number of nitrogens with zero attached hydrogens (tertiary/aromatic N) is 1. The second-order valence-electron chi connectivity index (χ2n) is 2.34. The van der Waals surface area contributed by atoms with E-state index in [0.717, 1.165) is 0 Å². The Balaban J connectivity index is 3.83. The van der Waals surface area contributed by atoms with Crippen LogP contribution in [-0.2, 0) is 4.79 Å². The number of carbonyl (C=O) groups is 1. The van der Waals surface area contributed by atoms with Crippen LogP contribution in [0.1, 0.15) is 0 Å². The molecule has 0 heterocycles. The van der Waals surface area contributed by atoms with Crippen LogP contribution in [0.15, 0.2) is 25.3 Å². The van der Waals surface area contributed by atoms with Gasteiger partial charge >= 0.3 is 0 Å². The number of hydrogen-bond donors (Lipinski definition) is 2. The summed E-state index contributed by atoms with van der Waals surface area (Å²) >= 11 is 0. The highest BCUT2D eigenvalue weighted by Crippen LogP contribution is 1.87. The maximum absolute atomic E-state index is 10.8. The number of nitrogens with two attached hydrogens (primary N) is 1. The van der Waals surface area contributed by atoms with Gasteiger partial charge in [-0.3, -0.25) is 15.1 Å². The normalized spacial score (nSPS) is 9.50. The van der Waals surface area contributed by atoms with Crippen molar-refractivity contribution >= 4 is 5.91 Å². The highest BCUT2D eigenvalue weighted by Gasteiger charge is 2.05. The fourth-order valence-electron chi connectivity index (χ4n) is 0.818. The Morgan fingerprint density at radius 1 is 1.42 bits per heavy atom. The molecule has 0 aliphatic rings. The van der Waals surface area contributed by atoms with E-state index in [-0.39, 0.29) is 12.5 Å². The molecule has 0 rings (SSSR count). The van der Waals surface area contributed by atoms with Crippen molar-refractivity contribution in [2.45, 2.75) is 0 Å². The Hall–Kier alpha value is -1.13. The summed E-state index contributed by atoms with van der Waals surface area (Å²) in [4.78, 5) is 12.7. The van der Waals surface area contributed by atoms with Gasteiger partial charge in [-0.15, -0.1) is 13.2 Å². The van der Waals surface area contributed by atoms with Crippen LogP contribution in [0.3, 0.4) is 0 Å². The van der Waals surface area contributed by atoms with Crippen LogP contribution >= 0.6 is 0 Å². The molecule has 0 atom stereocenters. The van der Waals surface area contributed by atoms with Crippen LogP contribution in [0.2, 0.25) is 0 Å². The van der Waals surface area contributed by atoms with E-state index in [4.69, 9.17) is 5.84 Å². The Morgan fingerprint density at radius 3 is 2.25 bits per heavy atom. The van der Waals surface area contributed by atoms with Crippen LogP contribution in [0.25, 0.3) is 0 Å². The Kier molecular flexibility index (Phi) is 5.95. The smallest absolute Gasteiger partial charge is 0.248 e. The zero-order valence-corrected chi connectivity index (χ0v) is 7.12. The molecule has 0 aliphatic carbocycles. The van der Waals surface area contributed by atoms with Gasteiger partial charge in [-0.25, -0.2) is 5.84 Å². The van der Waals surface area contributed by atoms with Crippen LogP contribution in [0.4, 0.5) is 0 Å². The number of amides is 1. The van der Waals surface area contributed by atoms with Crippen LogP contribution in [0, 0.1) is 0 Å². The van der Waals surface area contributed by atoms with Crippen LogP contribution in [-0.4, -0.2) is 30.4 Å². The summed E-state index contributed by atoms with van der Waals surface area (Å²) in [5.41, 5.74) is 2.06. The van der Waals surface area contributed by atoms with Crippen molar-refractivity contribution in [2.24, 2.45) is 5.84 Å². The molecule has 0 fully saturated rings. The minimum atomic E-state index is -0.210. The molecule has 0 aromatic carbocycles. The highest BCUT2D eigenvalue weighted by molar-refractivity contribution is 5.77. The minimum Gasteiger partial charge on any atom is -0.293 e. The molecule has 3 N–H and O–H groups in total. The van der Waals surface area contributed by atoms with Crippen molar-refractivity contribution in [3.8, 4) is 0 Å². The van der Waals surface area contributed by atoms with Gasteiger partial charge in [0.25, 0.3) is 0 Å².